The number of hydrogen-bond acceptors (Lipinski definition) is 7. The van der Waals surface area contributed by atoms with Gasteiger partial charge in [-0.3, -0.25) is 0 Å². The van der Waals surface area contributed by atoms with Gasteiger partial charge in [0.15, 0.2) is 5.82 Å². The normalized spacial score (nSPS) is 13.9. The van der Waals surface area contributed by atoms with Crippen LogP contribution < -0.4 is 10.5 Å². The summed E-state index contributed by atoms with van der Waals surface area (Å²) < 4.78 is 4.82. The second-order valence-electron chi connectivity index (χ2n) is 3.06. The Labute approximate surface area is 92.1 Å². The van der Waals surface area contributed by atoms with Gasteiger partial charge in [0.1, 0.15) is 6.10 Å². The molecule has 0 saturated carbocycles. The molecule has 0 bridgehead atoms. The Morgan fingerprint density at radius 1 is 1.62 bits per heavy atom. The zero-order chi connectivity index (χ0) is 12.1. The van der Waals surface area contributed by atoms with Crippen LogP contribution >= 0.6 is 0 Å². The van der Waals surface area contributed by atoms with Crippen LogP contribution in [0, 0.1) is 11.3 Å². The highest BCUT2D eigenvalue weighted by atomic mass is 16.5. The zero-order valence-electron chi connectivity index (χ0n) is 8.66. The number of ether oxygens (including phenoxy) is 1. The van der Waals surface area contributed by atoms with Crippen LogP contribution in [-0.4, -0.2) is 33.4 Å². The fourth-order valence-electron chi connectivity index (χ4n) is 1.09. The van der Waals surface area contributed by atoms with E-state index in [4.69, 9.17) is 15.7 Å². The molecule has 0 spiro atoms. The molecule has 86 valence electrons. The van der Waals surface area contributed by atoms with Gasteiger partial charge in [0.05, 0.1) is 37.6 Å². The number of nitrogens with zero attached hydrogens (tertiary/aromatic N) is 3. The summed E-state index contributed by atoms with van der Waals surface area (Å²) in [5.74, 6) is 0.161. The number of aliphatic hydroxyl groups excluding tert-OH is 2. The summed E-state index contributed by atoms with van der Waals surface area (Å²) in [4.78, 5) is 7.61. The number of aliphatic hydroxyl groups is 2. The summed E-state index contributed by atoms with van der Waals surface area (Å²) in [7, 11) is 1.36. The van der Waals surface area contributed by atoms with E-state index in [0.717, 1.165) is 0 Å². The first-order valence-electron chi connectivity index (χ1n) is 4.49. The highest BCUT2D eigenvalue weighted by Gasteiger charge is 2.21. The third-order valence-electron chi connectivity index (χ3n) is 1.95. The Balaban J connectivity index is 2.92. The lowest BCUT2D eigenvalue weighted by molar-refractivity contribution is 0.0185. The molecule has 1 heterocycles. The Morgan fingerprint density at radius 3 is 2.88 bits per heavy atom. The summed E-state index contributed by atoms with van der Waals surface area (Å²) in [5, 5.41) is 27.4. The molecule has 7 heteroatoms. The fourth-order valence-corrected chi connectivity index (χ4v) is 1.09. The molecule has 0 amide bonds. The predicted octanol–water partition coefficient (Wildman–Crippen LogP) is -0.625. The van der Waals surface area contributed by atoms with E-state index in [9.17, 15) is 10.2 Å². The predicted molar refractivity (Wildman–Crippen MR) is 54.2 cm³/mol. The molecular formula is C9H12N4O3. The Bertz CT molecular complexity index is 404. The number of rotatable bonds is 4. The second kappa shape index (κ2) is 5.25. The van der Waals surface area contributed by atoms with Crippen molar-refractivity contribution in [2.75, 3.05) is 12.8 Å². The largest absolute Gasteiger partial charge is 0.478 e. The average molecular weight is 224 g/mol. The molecule has 0 aliphatic rings. The number of nitrogen functional groups attached to an aromatic ring is 1. The summed E-state index contributed by atoms with van der Waals surface area (Å²) >= 11 is 0. The topological polar surface area (TPSA) is 125 Å². The number of anilines is 1. The van der Waals surface area contributed by atoms with Gasteiger partial charge in [0.25, 0.3) is 5.88 Å². The van der Waals surface area contributed by atoms with E-state index in [1.54, 1.807) is 6.07 Å². The SMILES string of the molecule is COc1nc(C(O)C(O)CC#N)cnc1N. The molecule has 1 aromatic heterocycles. The molecule has 1 rings (SSSR count). The molecule has 0 fully saturated rings. The lowest BCUT2D eigenvalue weighted by Crippen LogP contribution is -2.19. The molecule has 16 heavy (non-hydrogen) atoms. The van der Waals surface area contributed by atoms with Gasteiger partial charge in [0.2, 0.25) is 0 Å². The quantitative estimate of drug-likeness (QED) is 0.621. The van der Waals surface area contributed by atoms with E-state index < -0.39 is 12.2 Å². The molecule has 7 nitrogen and oxygen atoms in total. The van der Waals surface area contributed by atoms with Crippen LogP contribution in [0.25, 0.3) is 0 Å². The van der Waals surface area contributed by atoms with E-state index >= 15 is 0 Å². The van der Waals surface area contributed by atoms with Crippen molar-refractivity contribution in [3.05, 3.63) is 11.9 Å². The first-order chi connectivity index (χ1) is 7.60. The minimum Gasteiger partial charge on any atom is -0.478 e. The van der Waals surface area contributed by atoms with Gasteiger partial charge in [-0.1, -0.05) is 0 Å². The lowest BCUT2D eigenvalue weighted by atomic mass is 10.1. The molecule has 1 aromatic rings. The summed E-state index contributed by atoms with van der Waals surface area (Å²) in [6.45, 7) is 0. The van der Waals surface area contributed by atoms with Gasteiger partial charge in [-0.2, -0.15) is 5.26 Å². The third-order valence-corrected chi connectivity index (χ3v) is 1.95. The highest BCUT2D eigenvalue weighted by Crippen LogP contribution is 2.21. The smallest absolute Gasteiger partial charge is 0.257 e. The van der Waals surface area contributed by atoms with Crippen LogP contribution in [0.1, 0.15) is 18.2 Å². The minimum atomic E-state index is -1.29. The van der Waals surface area contributed by atoms with Crippen molar-refractivity contribution in [2.24, 2.45) is 0 Å². The zero-order valence-corrected chi connectivity index (χ0v) is 8.66. The molecule has 0 aromatic carbocycles. The van der Waals surface area contributed by atoms with Crippen molar-refractivity contribution < 1.29 is 14.9 Å². The van der Waals surface area contributed by atoms with Gasteiger partial charge in [0, 0.05) is 0 Å². The number of methoxy groups -OCH3 is 1. The number of nitriles is 1. The van der Waals surface area contributed by atoms with Crippen LogP contribution in [0.15, 0.2) is 6.20 Å². The van der Waals surface area contributed by atoms with Crippen LogP contribution in [0.4, 0.5) is 5.82 Å². The van der Waals surface area contributed by atoms with E-state index in [1.165, 1.54) is 13.3 Å². The van der Waals surface area contributed by atoms with Gasteiger partial charge < -0.3 is 20.7 Å². The van der Waals surface area contributed by atoms with Crippen LogP contribution in [0.5, 0.6) is 5.88 Å². The van der Waals surface area contributed by atoms with Crippen molar-refractivity contribution in [3.8, 4) is 11.9 Å². The average Bonchev–Trinajstić information content (AvgIpc) is 2.29. The van der Waals surface area contributed by atoms with Gasteiger partial charge in [-0.05, 0) is 0 Å². The van der Waals surface area contributed by atoms with E-state index in [-0.39, 0.29) is 23.8 Å². The van der Waals surface area contributed by atoms with Crippen molar-refractivity contribution in [1.82, 2.24) is 9.97 Å². The van der Waals surface area contributed by atoms with Crippen LogP contribution in [0.2, 0.25) is 0 Å². The minimum absolute atomic E-state index is 0.0701. The van der Waals surface area contributed by atoms with E-state index in [1.807, 2.05) is 0 Å². The maximum atomic E-state index is 9.63. The number of hydrogen-bond donors (Lipinski definition) is 3. The first-order valence-corrected chi connectivity index (χ1v) is 4.49. The van der Waals surface area contributed by atoms with E-state index in [2.05, 4.69) is 9.97 Å². The summed E-state index contributed by atoms with van der Waals surface area (Å²) in [6, 6.07) is 1.74. The number of aromatic nitrogens is 2. The van der Waals surface area contributed by atoms with Crippen LogP contribution in [0.3, 0.4) is 0 Å². The second-order valence-corrected chi connectivity index (χ2v) is 3.06. The van der Waals surface area contributed by atoms with Gasteiger partial charge in [-0.15, -0.1) is 0 Å². The molecule has 2 unspecified atom stereocenters. The Morgan fingerprint density at radius 2 is 2.31 bits per heavy atom. The monoisotopic (exact) mass is 224 g/mol. The fraction of sp³-hybridized carbons (Fsp3) is 0.444. The highest BCUT2D eigenvalue weighted by molar-refractivity contribution is 5.40. The molecule has 4 N–H and O–H groups in total. The van der Waals surface area contributed by atoms with Crippen molar-refractivity contribution in [2.45, 2.75) is 18.6 Å². The third kappa shape index (κ3) is 2.56. The van der Waals surface area contributed by atoms with Gasteiger partial charge >= 0.3 is 0 Å². The molecule has 0 radical (unpaired) electrons. The van der Waals surface area contributed by atoms with Crippen molar-refractivity contribution in [3.63, 3.8) is 0 Å². The molecular weight excluding hydrogens is 212 g/mol. The maximum absolute atomic E-state index is 9.63. The van der Waals surface area contributed by atoms with Crippen LogP contribution in [-0.2, 0) is 0 Å². The first kappa shape index (κ1) is 12.2. The molecule has 0 aliphatic heterocycles. The Hall–Kier alpha value is -1.91. The molecule has 2 atom stereocenters. The standard InChI is InChI=1S/C9H12N4O3/c1-16-9-8(11)12-4-5(13-9)7(15)6(14)2-3-10/h4,6-7,14-15H,2H2,1H3,(H2,11,12). The van der Waals surface area contributed by atoms with E-state index in [0.29, 0.717) is 0 Å². The summed E-state index contributed by atoms with van der Waals surface area (Å²) in [5.41, 5.74) is 5.55. The summed E-state index contributed by atoms with van der Waals surface area (Å²) in [6.07, 6.45) is -1.48. The molecule has 0 saturated heterocycles. The lowest BCUT2D eigenvalue weighted by Gasteiger charge is -2.15. The van der Waals surface area contributed by atoms with Gasteiger partial charge in [-0.25, -0.2) is 9.97 Å². The maximum Gasteiger partial charge on any atom is 0.257 e. The van der Waals surface area contributed by atoms with Crippen molar-refractivity contribution >= 4 is 5.82 Å². The number of nitrogens with two attached hydrogens (primary N) is 1. The Kier molecular flexibility index (Phi) is 3.99. The van der Waals surface area contributed by atoms with Crippen molar-refractivity contribution in [1.29, 1.82) is 5.26 Å². The molecule has 0 aliphatic carbocycles.